The summed E-state index contributed by atoms with van der Waals surface area (Å²) in [4.78, 5) is 0. The van der Waals surface area contributed by atoms with Gasteiger partial charge in [-0.15, -0.1) is 0 Å². The first-order valence-electron chi connectivity index (χ1n) is 8.83. The van der Waals surface area contributed by atoms with Gasteiger partial charge >= 0.3 is 0 Å². The summed E-state index contributed by atoms with van der Waals surface area (Å²) >= 11 is 0. The number of nitrogens with one attached hydrogen (secondary N) is 1. The third-order valence-electron chi connectivity index (χ3n) is 5.82. The summed E-state index contributed by atoms with van der Waals surface area (Å²) in [5.41, 5.74) is 6.98. The van der Waals surface area contributed by atoms with Crippen LogP contribution in [0.25, 0.3) is 11.1 Å². The van der Waals surface area contributed by atoms with Gasteiger partial charge < -0.3 is 5.32 Å². The quantitative estimate of drug-likeness (QED) is 0.721. The molecule has 1 N–H and O–H groups in total. The summed E-state index contributed by atoms with van der Waals surface area (Å²) in [5.74, 6) is 1.33. The Balaban J connectivity index is 1.94. The van der Waals surface area contributed by atoms with Crippen molar-refractivity contribution in [2.75, 3.05) is 5.32 Å². The van der Waals surface area contributed by atoms with Gasteiger partial charge in [0.2, 0.25) is 0 Å². The molecule has 0 saturated heterocycles. The monoisotopic (exact) mass is 307 g/mol. The molecule has 1 aliphatic carbocycles. The molecule has 0 bridgehead atoms. The lowest BCUT2D eigenvalue weighted by molar-refractivity contribution is 0.378. The normalized spacial score (nSPS) is 17.5. The first-order valence-corrected chi connectivity index (χ1v) is 8.83. The Morgan fingerprint density at radius 2 is 1.48 bits per heavy atom. The number of hydrogen-bond donors (Lipinski definition) is 1. The molecule has 1 heteroatoms. The predicted octanol–water partition coefficient (Wildman–Crippen LogP) is 6.09. The molecule has 0 radical (unpaired) electrons. The minimum Gasteiger partial charge on any atom is -0.382 e. The fourth-order valence-electron chi connectivity index (χ4n) is 3.77. The molecule has 2 aromatic carbocycles. The molecule has 0 spiro atoms. The summed E-state index contributed by atoms with van der Waals surface area (Å²) in [6, 6.07) is 16.2. The van der Waals surface area contributed by atoms with Gasteiger partial charge in [-0.3, -0.25) is 0 Å². The standard InChI is InChI=1S/C22H29N/c1-14(2)15(3)16(4)23-17-11-12-19-18-9-7-8-10-20(18)22(5,6)21(19)13-17/h7-16,23H,1-6H3/t15-,16+/m1/s1. The maximum atomic E-state index is 3.72. The number of hydrogen-bond acceptors (Lipinski definition) is 1. The molecule has 0 amide bonds. The molecular formula is C22H29N. The van der Waals surface area contributed by atoms with E-state index < -0.39 is 0 Å². The zero-order valence-corrected chi connectivity index (χ0v) is 15.3. The Labute approximate surface area is 141 Å². The van der Waals surface area contributed by atoms with E-state index in [4.69, 9.17) is 0 Å². The lowest BCUT2D eigenvalue weighted by atomic mass is 9.82. The summed E-state index contributed by atoms with van der Waals surface area (Å²) < 4.78 is 0. The van der Waals surface area contributed by atoms with Gasteiger partial charge in [-0.05, 0) is 53.1 Å². The van der Waals surface area contributed by atoms with Crippen LogP contribution in [-0.2, 0) is 5.41 Å². The highest BCUT2D eigenvalue weighted by molar-refractivity contribution is 5.82. The van der Waals surface area contributed by atoms with Crippen molar-refractivity contribution in [2.45, 2.75) is 53.0 Å². The SMILES string of the molecule is CC(C)[C@@H](C)[C@H](C)Nc1ccc2c(c1)C(C)(C)c1ccccc1-2. The third kappa shape index (κ3) is 2.67. The van der Waals surface area contributed by atoms with Crippen molar-refractivity contribution in [3.05, 3.63) is 53.6 Å². The summed E-state index contributed by atoms with van der Waals surface area (Å²) in [5, 5.41) is 3.72. The van der Waals surface area contributed by atoms with Gasteiger partial charge in [0.1, 0.15) is 0 Å². The highest BCUT2D eigenvalue weighted by Crippen LogP contribution is 2.49. The molecular weight excluding hydrogens is 278 g/mol. The molecule has 1 aliphatic rings. The van der Waals surface area contributed by atoms with E-state index in [9.17, 15) is 0 Å². The molecule has 23 heavy (non-hydrogen) atoms. The minimum absolute atomic E-state index is 0.0799. The van der Waals surface area contributed by atoms with E-state index in [1.54, 1.807) is 0 Å². The van der Waals surface area contributed by atoms with Crippen LogP contribution in [0, 0.1) is 11.8 Å². The van der Waals surface area contributed by atoms with Crippen molar-refractivity contribution in [1.82, 2.24) is 0 Å². The maximum Gasteiger partial charge on any atom is 0.0345 e. The molecule has 122 valence electrons. The van der Waals surface area contributed by atoms with Crippen LogP contribution in [0.1, 0.15) is 52.7 Å². The zero-order valence-electron chi connectivity index (χ0n) is 15.3. The fraction of sp³-hybridized carbons (Fsp3) is 0.455. The second kappa shape index (κ2) is 5.70. The number of fused-ring (bicyclic) bond motifs is 3. The van der Waals surface area contributed by atoms with Crippen molar-refractivity contribution < 1.29 is 0 Å². The Morgan fingerprint density at radius 1 is 0.826 bits per heavy atom. The van der Waals surface area contributed by atoms with Crippen molar-refractivity contribution in [3.8, 4) is 11.1 Å². The van der Waals surface area contributed by atoms with Crippen LogP contribution in [0.3, 0.4) is 0 Å². The van der Waals surface area contributed by atoms with Crippen LogP contribution < -0.4 is 5.32 Å². The zero-order chi connectivity index (χ0) is 16.8. The van der Waals surface area contributed by atoms with Crippen molar-refractivity contribution in [2.24, 2.45) is 11.8 Å². The van der Waals surface area contributed by atoms with E-state index in [1.165, 1.54) is 27.9 Å². The van der Waals surface area contributed by atoms with Crippen molar-refractivity contribution in [1.29, 1.82) is 0 Å². The average Bonchev–Trinajstić information content (AvgIpc) is 2.75. The van der Waals surface area contributed by atoms with E-state index in [-0.39, 0.29) is 5.41 Å². The van der Waals surface area contributed by atoms with E-state index >= 15 is 0 Å². The topological polar surface area (TPSA) is 12.0 Å². The van der Waals surface area contributed by atoms with Crippen molar-refractivity contribution >= 4 is 5.69 Å². The largest absolute Gasteiger partial charge is 0.382 e. The predicted molar refractivity (Wildman–Crippen MR) is 101 cm³/mol. The minimum atomic E-state index is 0.0799. The number of rotatable bonds is 4. The first-order chi connectivity index (χ1) is 10.8. The molecule has 0 saturated carbocycles. The number of benzene rings is 2. The lowest BCUT2D eigenvalue weighted by Gasteiger charge is -2.27. The lowest BCUT2D eigenvalue weighted by Crippen LogP contribution is -2.27. The summed E-state index contributed by atoms with van der Waals surface area (Å²) in [6.07, 6.45) is 0. The van der Waals surface area contributed by atoms with Crippen LogP contribution >= 0.6 is 0 Å². The molecule has 0 heterocycles. The summed E-state index contributed by atoms with van der Waals surface area (Å²) in [6.45, 7) is 13.9. The van der Waals surface area contributed by atoms with Crippen LogP contribution in [0.4, 0.5) is 5.69 Å². The Morgan fingerprint density at radius 3 is 2.17 bits per heavy atom. The van der Waals surface area contributed by atoms with E-state index in [1.807, 2.05) is 0 Å². The van der Waals surface area contributed by atoms with Gasteiger partial charge in [0.15, 0.2) is 0 Å². The molecule has 1 nitrogen and oxygen atoms in total. The van der Waals surface area contributed by atoms with Gasteiger partial charge in [0.05, 0.1) is 0 Å². The molecule has 0 unspecified atom stereocenters. The first kappa shape index (κ1) is 16.1. The van der Waals surface area contributed by atoms with Crippen LogP contribution in [0.5, 0.6) is 0 Å². The highest BCUT2D eigenvalue weighted by atomic mass is 14.9. The van der Waals surface area contributed by atoms with Crippen LogP contribution in [-0.4, -0.2) is 6.04 Å². The van der Waals surface area contributed by atoms with Crippen LogP contribution in [0.2, 0.25) is 0 Å². The van der Waals surface area contributed by atoms with Crippen LogP contribution in [0.15, 0.2) is 42.5 Å². The highest BCUT2D eigenvalue weighted by Gasteiger charge is 2.35. The summed E-state index contributed by atoms with van der Waals surface area (Å²) in [7, 11) is 0. The Hall–Kier alpha value is -1.76. The molecule has 0 fully saturated rings. The smallest absolute Gasteiger partial charge is 0.0345 e. The van der Waals surface area contributed by atoms with Gasteiger partial charge in [0, 0.05) is 17.1 Å². The Bertz CT molecular complexity index is 712. The van der Waals surface area contributed by atoms with Gasteiger partial charge in [0.25, 0.3) is 0 Å². The number of anilines is 1. The van der Waals surface area contributed by atoms with Gasteiger partial charge in [-0.2, -0.15) is 0 Å². The van der Waals surface area contributed by atoms with Crippen molar-refractivity contribution in [3.63, 3.8) is 0 Å². The van der Waals surface area contributed by atoms with E-state index in [0.717, 1.165) is 0 Å². The van der Waals surface area contributed by atoms with Gasteiger partial charge in [-0.1, -0.05) is 65.0 Å². The molecule has 0 aromatic heterocycles. The fourth-order valence-corrected chi connectivity index (χ4v) is 3.77. The average molecular weight is 307 g/mol. The molecule has 2 aromatic rings. The molecule has 0 aliphatic heterocycles. The van der Waals surface area contributed by atoms with E-state index in [2.05, 4.69) is 89.3 Å². The molecule has 2 atom stereocenters. The van der Waals surface area contributed by atoms with E-state index in [0.29, 0.717) is 17.9 Å². The second-order valence-corrected chi connectivity index (χ2v) is 7.97. The van der Waals surface area contributed by atoms with Gasteiger partial charge in [-0.25, -0.2) is 0 Å². The molecule has 3 rings (SSSR count). The third-order valence-corrected chi connectivity index (χ3v) is 5.82. The second-order valence-electron chi connectivity index (χ2n) is 7.97. The Kier molecular flexibility index (Phi) is 4.00. The maximum absolute atomic E-state index is 3.72.